The average Bonchev–Trinajstić information content (AvgIpc) is 3.09. The Bertz CT molecular complexity index is 846. The topological polar surface area (TPSA) is 118 Å². The number of anilines is 2. The summed E-state index contributed by atoms with van der Waals surface area (Å²) in [6, 6.07) is 9.07. The van der Waals surface area contributed by atoms with E-state index in [1.807, 2.05) is 0 Å². The first-order valence-electron chi connectivity index (χ1n) is 7.46. The van der Waals surface area contributed by atoms with E-state index in [2.05, 4.69) is 20.4 Å². The van der Waals surface area contributed by atoms with Gasteiger partial charge in [0, 0.05) is 18.8 Å². The number of nitrogens with two attached hydrogens (primary N) is 1. The van der Waals surface area contributed by atoms with Crippen LogP contribution in [0.5, 0.6) is 0 Å². The van der Waals surface area contributed by atoms with Crippen LogP contribution >= 0.6 is 0 Å². The summed E-state index contributed by atoms with van der Waals surface area (Å²) in [5.41, 5.74) is 0.468. The molecule has 1 aliphatic rings. The maximum absolute atomic E-state index is 12.2. The Morgan fingerprint density at radius 3 is 2.50 bits per heavy atom. The van der Waals surface area contributed by atoms with Gasteiger partial charge in [0.25, 0.3) is 5.91 Å². The van der Waals surface area contributed by atoms with E-state index in [0.29, 0.717) is 5.69 Å². The van der Waals surface area contributed by atoms with E-state index < -0.39 is 15.9 Å². The Kier molecular flexibility index (Phi) is 4.45. The summed E-state index contributed by atoms with van der Waals surface area (Å²) in [4.78, 5) is 14.2. The second-order valence-electron chi connectivity index (χ2n) is 5.50. The number of benzene rings is 1. The fourth-order valence-corrected chi connectivity index (χ4v) is 3.07. The molecule has 1 fully saturated rings. The quantitative estimate of drug-likeness (QED) is 0.851. The lowest BCUT2D eigenvalue weighted by Crippen LogP contribution is -2.21. The molecule has 8 nitrogen and oxygen atoms in total. The number of nitrogens with one attached hydrogen (secondary N) is 1. The number of carbonyl (C=O) groups excluding carboxylic acids is 1. The summed E-state index contributed by atoms with van der Waals surface area (Å²) in [7, 11) is -3.83. The minimum Gasteiger partial charge on any atom is -0.355 e. The molecular formula is C15H17N5O3S. The molecule has 9 heteroatoms. The first-order chi connectivity index (χ1) is 11.4. The van der Waals surface area contributed by atoms with E-state index in [-0.39, 0.29) is 10.6 Å². The molecule has 1 saturated heterocycles. The van der Waals surface area contributed by atoms with Gasteiger partial charge in [-0.1, -0.05) is 6.07 Å². The number of carbonyl (C=O) groups is 1. The molecule has 3 N–H and O–H groups in total. The molecule has 1 amide bonds. The van der Waals surface area contributed by atoms with Crippen molar-refractivity contribution in [3.8, 4) is 0 Å². The molecule has 3 rings (SSSR count). The predicted molar refractivity (Wildman–Crippen MR) is 89.2 cm³/mol. The number of hydrogen-bond donors (Lipinski definition) is 2. The van der Waals surface area contributed by atoms with E-state index in [0.717, 1.165) is 31.7 Å². The molecule has 0 unspecified atom stereocenters. The predicted octanol–water partition coefficient (Wildman–Crippen LogP) is 0.976. The smallest absolute Gasteiger partial charge is 0.276 e. The number of amides is 1. The molecule has 126 valence electrons. The monoisotopic (exact) mass is 347 g/mol. The van der Waals surface area contributed by atoms with E-state index >= 15 is 0 Å². The molecule has 0 radical (unpaired) electrons. The Morgan fingerprint density at radius 2 is 1.88 bits per heavy atom. The third kappa shape index (κ3) is 3.69. The van der Waals surface area contributed by atoms with Crippen molar-refractivity contribution in [2.75, 3.05) is 23.3 Å². The highest BCUT2D eigenvalue weighted by molar-refractivity contribution is 7.89. The molecule has 0 atom stereocenters. The average molecular weight is 347 g/mol. The van der Waals surface area contributed by atoms with Crippen molar-refractivity contribution in [3.63, 3.8) is 0 Å². The lowest BCUT2D eigenvalue weighted by Gasteiger charge is -2.15. The normalized spacial score (nSPS) is 14.6. The van der Waals surface area contributed by atoms with Crippen LogP contribution in [0.25, 0.3) is 0 Å². The fraction of sp³-hybridized carbons (Fsp3) is 0.267. The second-order valence-corrected chi connectivity index (χ2v) is 7.06. The van der Waals surface area contributed by atoms with Gasteiger partial charge < -0.3 is 10.2 Å². The number of hydrogen-bond acceptors (Lipinski definition) is 6. The highest BCUT2D eigenvalue weighted by atomic mass is 32.2. The molecule has 1 aliphatic heterocycles. The van der Waals surface area contributed by atoms with E-state index in [1.165, 1.54) is 18.2 Å². The standard InChI is InChI=1S/C15H17N5O3S/c16-24(22,23)12-5-3-4-11(10-12)17-15(21)13-6-7-14(19-18-13)20-8-1-2-9-20/h3-7,10H,1-2,8-9H2,(H,17,21)(H2,16,22,23). The van der Waals surface area contributed by atoms with Crippen LogP contribution in [0.1, 0.15) is 23.3 Å². The minimum atomic E-state index is -3.83. The van der Waals surface area contributed by atoms with Gasteiger partial charge in [-0.05, 0) is 43.2 Å². The maximum Gasteiger partial charge on any atom is 0.276 e. The largest absolute Gasteiger partial charge is 0.355 e. The molecule has 0 bridgehead atoms. The summed E-state index contributed by atoms with van der Waals surface area (Å²) < 4.78 is 22.7. The zero-order chi connectivity index (χ0) is 17.2. The third-order valence-electron chi connectivity index (χ3n) is 3.73. The first-order valence-corrected chi connectivity index (χ1v) is 9.01. The van der Waals surface area contributed by atoms with Crippen molar-refractivity contribution >= 4 is 27.4 Å². The van der Waals surface area contributed by atoms with Crippen molar-refractivity contribution < 1.29 is 13.2 Å². The van der Waals surface area contributed by atoms with Crippen LogP contribution in [0.15, 0.2) is 41.3 Å². The maximum atomic E-state index is 12.2. The summed E-state index contributed by atoms with van der Waals surface area (Å²) >= 11 is 0. The number of sulfonamides is 1. The van der Waals surface area contributed by atoms with Gasteiger partial charge in [0.2, 0.25) is 10.0 Å². The van der Waals surface area contributed by atoms with E-state index in [9.17, 15) is 13.2 Å². The van der Waals surface area contributed by atoms with E-state index in [1.54, 1.807) is 18.2 Å². The zero-order valence-corrected chi connectivity index (χ0v) is 13.7. The summed E-state index contributed by atoms with van der Waals surface area (Å²) in [6.45, 7) is 1.89. The van der Waals surface area contributed by atoms with E-state index in [4.69, 9.17) is 5.14 Å². The van der Waals surface area contributed by atoms with Crippen LogP contribution in [0, 0.1) is 0 Å². The van der Waals surface area contributed by atoms with Gasteiger partial charge in [-0.25, -0.2) is 13.6 Å². The van der Waals surface area contributed by atoms with Crippen LogP contribution in [-0.4, -0.2) is 37.6 Å². The van der Waals surface area contributed by atoms with Crippen molar-refractivity contribution in [2.24, 2.45) is 5.14 Å². The summed E-state index contributed by atoms with van der Waals surface area (Å²) in [6.07, 6.45) is 2.26. The molecule has 2 aromatic rings. The molecule has 0 aliphatic carbocycles. The number of primary sulfonamides is 1. The minimum absolute atomic E-state index is 0.0734. The van der Waals surface area contributed by atoms with Gasteiger partial charge in [-0.3, -0.25) is 4.79 Å². The van der Waals surface area contributed by atoms with Gasteiger partial charge in [0.15, 0.2) is 11.5 Å². The highest BCUT2D eigenvalue weighted by Crippen LogP contribution is 2.18. The fourth-order valence-electron chi connectivity index (χ4n) is 2.51. The molecule has 24 heavy (non-hydrogen) atoms. The van der Waals surface area contributed by atoms with Gasteiger partial charge in [0.1, 0.15) is 0 Å². The molecule has 0 saturated carbocycles. The van der Waals surface area contributed by atoms with Crippen molar-refractivity contribution in [2.45, 2.75) is 17.7 Å². The lowest BCUT2D eigenvalue weighted by atomic mass is 10.3. The zero-order valence-electron chi connectivity index (χ0n) is 12.8. The van der Waals surface area contributed by atoms with Crippen LogP contribution in [-0.2, 0) is 10.0 Å². The summed E-state index contributed by atoms with van der Waals surface area (Å²) in [5.74, 6) is 0.280. The molecule has 0 spiro atoms. The Balaban J connectivity index is 1.73. The number of rotatable bonds is 4. The molecular weight excluding hydrogens is 330 g/mol. The van der Waals surface area contributed by atoms with Crippen molar-refractivity contribution in [1.82, 2.24) is 10.2 Å². The highest BCUT2D eigenvalue weighted by Gasteiger charge is 2.16. The van der Waals surface area contributed by atoms with Crippen molar-refractivity contribution in [1.29, 1.82) is 0 Å². The van der Waals surface area contributed by atoms with Gasteiger partial charge in [-0.15, -0.1) is 10.2 Å². The van der Waals surface area contributed by atoms with Gasteiger partial charge in [0.05, 0.1) is 4.90 Å². The van der Waals surface area contributed by atoms with Crippen LogP contribution in [0.2, 0.25) is 0 Å². The second kappa shape index (κ2) is 6.54. The SMILES string of the molecule is NS(=O)(=O)c1cccc(NC(=O)c2ccc(N3CCCC3)nn2)c1. The third-order valence-corrected chi connectivity index (χ3v) is 4.64. The van der Waals surface area contributed by atoms with Crippen LogP contribution < -0.4 is 15.4 Å². The molecule has 1 aromatic carbocycles. The van der Waals surface area contributed by atoms with Crippen LogP contribution in [0.3, 0.4) is 0 Å². The van der Waals surface area contributed by atoms with Crippen LogP contribution in [0.4, 0.5) is 11.5 Å². The Labute approximate surface area is 139 Å². The number of nitrogens with zero attached hydrogens (tertiary/aromatic N) is 3. The molecule has 2 heterocycles. The first kappa shape index (κ1) is 16.3. The van der Waals surface area contributed by atoms with Gasteiger partial charge in [-0.2, -0.15) is 0 Å². The number of aromatic nitrogens is 2. The van der Waals surface area contributed by atoms with Crippen molar-refractivity contribution in [3.05, 3.63) is 42.1 Å². The molecule has 1 aromatic heterocycles. The Hall–Kier alpha value is -2.52. The summed E-state index contributed by atoms with van der Waals surface area (Å²) in [5, 5.41) is 15.7. The lowest BCUT2D eigenvalue weighted by molar-refractivity contribution is 0.102. The Morgan fingerprint density at radius 1 is 1.12 bits per heavy atom. The van der Waals surface area contributed by atoms with Gasteiger partial charge >= 0.3 is 0 Å².